The zero-order valence-electron chi connectivity index (χ0n) is 10.4. The lowest BCUT2D eigenvalue weighted by atomic mass is 10.0. The Hall–Kier alpha value is -1.71. The van der Waals surface area contributed by atoms with Gasteiger partial charge in [0.1, 0.15) is 6.07 Å². The maximum absolute atomic E-state index is 13.5. The Morgan fingerprint density at radius 2 is 2.00 bits per heavy atom. The summed E-state index contributed by atoms with van der Waals surface area (Å²) < 4.78 is 24.8. The van der Waals surface area contributed by atoms with Crippen molar-refractivity contribution >= 4 is 5.69 Å². The van der Waals surface area contributed by atoms with Gasteiger partial charge in [0.15, 0.2) is 17.3 Å². The SMILES string of the molecule is N#Cc1ncc(N2CCC3(CC2)OCCO3)cc1F. The van der Waals surface area contributed by atoms with Gasteiger partial charge in [0.2, 0.25) is 0 Å². The molecule has 1 aromatic rings. The van der Waals surface area contributed by atoms with Gasteiger partial charge in [-0.15, -0.1) is 0 Å². The number of aromatic nitrogens is 1. The van der Waals surface area contributed by atoms with E-state index >= 15 is 0 Å². The molecule has 0 unspecified atom stereocenters. The maximum Gasteiger partial charge on any atom is 0.176 e. The van der Waals surface area contributed by atoms with Crippen LogP contribution in [0.25, 0.3) is 0 Å². The number of nitriles is 1. The van der Waals surface area contributed by atoms with Gasteiger partial charge < -0.3 is 14.4 Å². The fourth-order valence-electron chi connectivity index (χ4n) is 2.57. The van der Waals surface area contributed by atoms with Gasteiger partial charge in [0, 0.05) is 32.0 Å². The van der Waals surface area contributed by atoms with Crippen molar-refractivity contribution in [2.24, 2.45) is 0 Å². The van der Waals surface area contributed by atoms with Gasteiger partial charge in [-0.3, -0.25) is 0 Å². The number of anilines is 1. The molecule has 0 amide bonds. The predicted octanol–water partition coefficient (Wildman–Crippen LogP) is 1.44. The first-order chi connectivity index (χ1) is 9.22. The smallest absolute Gasteiger partial charge is 0.176 e. The molecule has 2 aliphatic rings. The number of piperidine rings is 1. The second-order valence-corrected chi connectivity index (χ2v) is 4.73. The van der Waals surface area contributed by atoms with E-state index in [0.717, 1.165) is 25.9 Å². The summed E-state index contributed by atoms with van der Waals surface area (Å²) in [5.41, 5.74) is 0.532. The molecule has 1 aromatic heterocycles. The van der Waals surface area contributed by atoms with Gasteiger partial charge in [-0.05, 0) is 0 Å². The van der Waals surface area contributed by atoms with Crippen molar-refractivity contribution in [3.05, 3.63) is 23.8 Å². The van der Waals surface area contributed by atoms with Crippen molar-refractivity contribution in [2.75, 3.05) is 31.2 Å². The molecule has 6 heteroatoms. The molecule has 1 spiro atoms. The summed E-state index contributed by atoms with van der Waals surface area (Å²) in [5, 5.41) is 8.66. The lowest BCUT2D eigenvalue weighted by Crippen LogP contribution is -2.45. The molecule has 2 fully saturated rings. The Kier molecular flexibility index (Phi) is 3.09. The third kappa shape index (κ3) is 2.27. The number of ether oxygens (including phenoxy) is 2. The highest BCUT2D eigenvalue weighted by Crippen LogP contribution is 2.33. The van der Waals surface area contributed by atoms with E-state index in [1.54, 1.807) is 6.07 Å². The van der Waals surface area contributed by atoms with E-state index in [1.807, 2.05) is 4.90 Å². The standard InChI is InChI=1S/C13H14FN3O2/c14-11-7-10(9-16-12(11)8-15)17-3-1-13(2-4-17)18-5-6-19-13/h7,9H,1-6H2. The second-order valence-electron chi connectivity index (χ2n) is 4.73. The third-order valence-electron chi connectivity index (χ3n) is 3.64. The predicted molar refractivity (Wildman–Crippen MR) is 65.0 cm³/mol. The quantitative estimate of drug-likeness (QED) is 0.767. The first-order valence-corrected chi connectivity index (χ1v) is 6.31. The van der Waals surface area contributed by atoms with E-state index in [-0.39, 0.29) is 5.69 Å². The molecule has 19 heavy (non-hydrogen) atoms. The summed E-state index contributed by atoms with van der Waals surface area (Å²) >= 11 is 0. The van der Waals surface area contributed by atoms with Crippen LogP contribution in [0.4, 0.5) is 10.1 Å². The minimum atomic E-state index is -0.575. The summed E-state index contributed by atoms with van der Waals surface area (Å²) in [4.78, 5) is 5.86. The molecule has 0 aromatic carbocycles. The van der Waals surface area contributed by atoms with Gasteiger partial charge in [-0.2, -0.15) is 5.26 Å². The molecule has 3 rings (SSSR count). The van der Waals surface area contributed by atoms with Crippen LogP contribution in [-0.2, 0) is 9.47 Å². The average Bonchev–Trinajstić information content (AvgIpc) is 2.88. The molecule has 100 valence electrons. The van der Waals surface area contributed by atoms with Crippen molar-refractivity contribution in [3.8, 4) is 6.07 Å². The molecule has 0 radical (unpaired) electrons. The number of hydrogen-bond acceptors (Lipinski definition) is 5. The monoisotopic (exact) mass is 263 g/mol. The zero-order valence-corrected chi connectivity index (χ0v) is 10.4. The molecule has 0 N–H and O–H groups in total. The highest BCUT2D eigenvalue weighted by molar-refractivity contribution is 5.47. The number of halogens is 1. The maximum atomic E-state index is 13.5. The van der Waals surface area contributed by atoms with Gasteiger partial charge in [0.05, 0.1) is 25.1 Å². The Bertz CT molecular complexity index is 513. The summed E-state index contributed by atoms with van der Waals surface area (Å²) in [7, 11) is 0. The molecular formula is C13H14FN3O2. The molecule has 0 saturated carbocycles. The Morgan fingerprint density at radius 1 is 1.32 bits per heavy atom. The van der Waals surface area contributed by atoms with Crippen molar-refractivity contribution < 1.29 is 13.9 Å². The Balaban J connectivity index is 1.71. The average molecular weight is 263 g/mol. The number of rotatable bonds is 1. The third-order valence-corrected chi connectivity index (χ3v) is 3.64. The van der Waals surface area contributed by atoms with Crippen LogP contribution in [0.3, 0.4) is 0 Å². The first-order valence-electron chi connectivity index (χ1n) is 6.31. The van der Waals surface area contributed by atoms with Crippen molar-refractivity contribution in [3.63, 3.8) is 0 Å². The van der Waals surface area contributed by atoms with Crippen molar-refractivity contribution in [1.29, 1.82) is 5.26 Å². The zero-order chi connectivity index (χ0) is 13.3. The van der Waals surface area contributed by atoms with Crippen LogP contribution >= 0.6 is 0 Å². The number of nitrogens with zero attached hydrogens (tertiary/aromatic N) is 3. The van der Waals surface area contributed by atoms with Gasteiger partial charge >= 0.3 is 0 Å². The molecule has 5 nitrogen and oxygen atoms in total. The molecule has 0 aliphatic carbocycles. The fraction of sp³-hybridized carbons (Fsp3) is 0.538. The molecule has 0 bridgehead atoms. The van der Waals surface area contributed by atoms with Gasteiger partial charge in [-0.25, -0.2) is 9.37 Å². The van der Waals surface area contributed by atoms with Crippen LogP contribution in [0.1, 0.15) is 18.5 Å². The van der Waals surface area contributed by atoms with Crippen molar-refractivity contribution in [1.82, 2.24) is 4.98 Å². The van der Waals surface area contributed by atoms with E-state index in [2.05, 4.69) is 4.98 Å². The Morgan fingerprint density at radius 3 is 2.58 bits per heavy atom. The minimum absolute atomic E-state index is 0.167. The largest absolute Gasteiger partial charge is 0.370 e. The van der Waals surface area contributed by atoms with E-state index in [4.69, 9.17) is 14.7 Å². The second kappa shape index (κ2) is 4.76. The molecule has 3 heterocycles. The summed E-state index contributed by atoms with van der Waals surface area (Å²) in [6.45, 7) is 2.75. The van der Waals surface area contributed by atoms with E-state index in [9.17, 15) is 4.39 Å². The Labute approximate surface area is 110 Å². The van der Waals surface area contributed by atoms with Gasteiger partial charge in [0.25, 0.3) is 0 Å². The highest BCUT2D eigenvalue weighted by Gasteiger charge is 2.39. The summed E-state index contributed by atoms with van der Waals surface area (Å²) in [6.07, 6.45) is 3.05. The molecule has 0 atom stereocenters. The van der Waals surface area contributed by atoms with Crippen LogP contribution in [0, 0.1) is 17.1 Å². The topological polar surface area (TPSA) is 58.4 Å². The first kappa shape index (κ1) is 12.3. The van der Waals surface area contributed by atoms with Gasteiger partial charge in [-0.1, -0.05) is 0 Å². The molecular weight excluding hydrogens is 249 g/mol. The van der Waals surface area contributed by atoms with Crippen LogP contribution in [0.5, 0.6) is 0 Å². The number of hydrogen-bond donors (Lipinski definition) is 0. The fourth-order valence-corrected chi connectivity index (χ4v) is 2.57. The highest BCUT2D eigenvalue weighted by atomic mass is 19.1. The minimum Gasteiger partial charge on any atom is -0.370 e. The molecule has 2 aliphatic heterocycles. The summed E-state index contributed by atoms with van der Waals surface area (Å²) in [6, 6.07) is 3.08. The van der Waals surface area contributed by atoms with E-state index < -0.39 is 11.6 Å². The lowest BCUT2D eigenvalue weighted by molar-refractivity contribution is -0.169. The van der Waals surface area contributed by atoms with E-state index in [0.29, 0.717) is 18.9 Å². The van der Waals surface area contributed by atoms with Crippen LogP contribution in [0.15, 0.2) is 12.3 Å². The number of pyridine rings is 1. The van der Waals surface area contributed by atoms with Crippen LogP contribution in [0.2, 0.25) is 0 Å². The van der Waals surface area contributed by atoms with Crippen LogP contribution < -0.4 is 4.90 Å². The van der Waals surface area contributed by atoms with Crippen molar-refractivity contribution in [2.45, 2.75) is 18.6 Å². The van der Waals surface area contributed by atoms with Crippen LogP contribution in [-0.4, -0.2) is 37.1 Å². The summed E-state index contributed by atoms with van der Waals surface area (Å²) in [5.74, 6) is -1.01. The van der Waals surface area contributed by atoms with E-state index in [1.165, 1.54) is 12.3 Å². The normalized spacial score (nSPS) is 21.6. The molecule has 2 saturated heterocycles. The lowest BCUT2D eigenvalue weighted by Gasteiger charge is -2.38.